The summed E-state index contributed by atoms with van der Waals surface area (Å²) < 4.78 is 0. The van der Waals surface area contributed by atoms with Crippen LogP contribution in [0.4, 0.5) is 11.5 Å². The van der Waals surface area contributed by atoms with Gasteiger partial charge in [-0.25, -0.2) is 9.97 Å². The van der Waals surface area contributed by atoms with Gasteiger partial charge in [0.05, 0.1) is 5.52 Å². The van der Waals surface area contributed by atoms with Crippen LogP contribution in [-0.4, -0.2) is 22.6 Å². The summed E-state index contributed by atoms with van der Waals surface area (Å²) in [7, 11) is 0. The molecule has 1 unspecified atom stereocenters. The minimum absolute atomic E-state index is 0.287. The van der Waals surface area contributed by atoms with E-state index < -0.39 is 0 Å². The van der Waals surface area contributed by atoms with E-state index in [0.717, 1.165) is 23.3 Å². The van der Waals surface area contributed by atoms with Gasteiger partial charge in [0.2, 0.25) is 0 Å². The van der Waals surface area contributed by atoms with E-state index in [1.807, 2.05) is 30.3 Å². The summed E-state index contributed by atoms with van der Waals surface area (Å²) in [5.74, 6) is 0.879. The predicted octanol–water partition coefficient (Wildman–Crippen LogP) is 3.85. The van der Waals surface area contributed by atoms with Gasteiger partial charge in [0.1, 0.15) is 12.1 Å². The topological polar surface area (TPSA) is 49.8 Å². The molecule has 0 aliphatic heterocycles. The van der Waals surface area contributed by atoms with Gasteiger partial charge in [0.15, 0.2) is 0 Å². The maximum absolute atomic E-state index is 4.35. The molecule has 1 heterocycles. The van der Waals surface area contributed by atoms with Crippen molar-refractivity contribution in [1.29, 1.82) is 0 Å². The zero-order valence-electron chi connectivity index (χ0n) is 12.9. The number of benzene rings is 2. The molecule has 4 heteroatoms. The number of nitrogens with zero attached hydrogens (tertiary/aromatic N) is 2. The molecule has 4 nitrogen and oxygen atoms in total. The zero-order chi connectivity index (χ0) is 15.4. The minimum Gasteiger partial charge on any atom is -0.381 e. The van der Waals surface area contributed by atoms with E-state index in [2.05, 4.69) is 52.6 Å². The lowest BCUT2D eigenvalue weighted by molar-refractivity contribution is 0.831. The van der Waals surface area contributed by atoms with Crippen molar-refractivity contribution in [2.45, 2.75) is 19.9 Å². The Morgan fingerprint density at radius 2 is 1.77 bits per heavy atom. The fourth-order valence-electron chi connectivity index (χ4n) is 2.45. The van der Waals surface area contributed by atoms with Crippen LogP contribution >= 0.6 is 0 Å². The molecule has 0 fully saturated rings. The Kier molecular flexibility index (Phi) is 4.19. The Morgan fingerprint density at radius 1 is 1.00 bits per heavy atom. The molecule has 112 valence electrons. The van der Waals surface area contributed by atoms with Crippen LogP contribution in [0.2, 0.25) is 0 Å². The number of aryl methyl sites for hydroxylation is 1. The fourth-order valence-corrected chi connectivity index (χ4v) is 2.45. The first-order valence-corrected chi connectivity index (χ1v) is 7.50. The number of hydrogen-bond acceptors (Lipinski definition) is 4. The van der Waals surface area contributed by atoms with Crippen LogP contribution < -0.4 is 10.6 Å². The third-order valence-electron chi connectivity index (χ3n) is 3.67. The Labute approximate surface area is 130 Å². The van der Waals surface area contributed by atoms with Crippen molar-refractivity contribution in [1.82, 2.24) is 9.97 Å². The Balaban J connectivity index is 1.68. The van der Waals surface area contributed by atoms with Crippen LogP contribution in [0.3, 0.4) is 0 Å². The number of para-hydroxylation sites is 2. The summed E-state index contributed by atoms with van der Waals surface area (Å²) in [5, 5.41) is 7.99. The van der Waals surface area contributed by atoms with E-state index in [0.29, 0.717) is 0 Å². The van der Waals surface area contributed by atoms with Gasteiger partial charge in [-0.3, -0.25) is 0 Å². The van der Waals surface area contributed by atoms with Gasteiger partial charge in [0.25, 0.3) is 0 Å². The molecule has 0 bridgehead atoms. The second-order valence-electron chi connectivity index (χ2n) is 5.48. The highest BCUT2D eigenvalue weighted by Gasteiger charge is 2.06. The molecule has 0 saturated carbocycles. The number of anilines is 2. The summed E-state index contributed by atoms with van der Waals surface area (Å²) in [6, 6.07) is 16.6. The normalized spacial score (nSPS) is 12.1. The second kappa shape index (κ2) is 6.43. The van der Waals surface area contributed by atoms with E-state index >= 15 is 0 Å². The van der Waals surface area contributed by atoms with Crippen LogP contribution in [0, 0.1) is 6.92 Å². The molecular weight excluding hydrogens is 272 g/mol. The molecule has 0 aliphatic rings. The van der Waals surface area contributed by atoms with Crippen molar-refractivity contribution in [2.75, 3.05) is 17.2 Å². The maximum Gasteiger partial charge on any atom is 0.137 e. The van der Waals surface area contributed by atoms with Crippen LogP contribution in [0.25, 0.3) is 10.9 Å². The third-order valence-corrected chi connectivity index (χ3v) is 3.67. The predicted molar refractivity (Wildman–Crippen MR) is 92.3 cm³/mol. The summed E-state index contributed by atoms with van der Waals surface area (Å²) in [4.78, 5) is 8.64. The van der Waals surface area contributed by atoms with Gasteiger partial charge in [0, 0.05) is 23.7 Å². The van der Waals surface area contributed by atoms with Crippen LogP contribution in [0.1, 0.15) is 12.5 Å². The molecule has 3 rings (SSSR count). The van der Waals surface area contributed by atoms with Crippen molar-refractivity contribution in [2.24, 2.45) is 0 Å². The molecule has 2 N–H and O–H groups in total. The Morgan fingerprint density at radius 3 is 2.64 bits per heavy atom. The number of fused-ring (bicyclic) bond motifs is 1. The van der Waals surface area contributed by atoms with Crippen molar-refractivity contribution in [3.63, 3.8) is 0 Å². The molecule has 1 aromatic heterocycles. The molecule has 2 aromatic carbocycles. The first-order chi connectivity index (χ1) is 10.7. The van der Waals surface area contributed by atoms with Crippen molar-refractivity contribution < 1.29 is 0 Å². The maximum atomic E-state index is 4.35. The van der Waals surface area contributed by atoms with E-state index in [1.54, 1.807) is 6.33 Å². The van der Waals surface area contributed by atoms with E-state index in [4.69, 9.17) is 0 Å². The number of aromatic nitrogens is 2. The van der Waals surface area contributed by atoms with Crippen LogP contribution in [0.15, 0.2) is 54.9 Å². The summed E-state index contributed by atoms with van der Waals surface area (Å²) in [6.45, 7) is 5.05. The van der Waals surface area contributed by atoms with Crippen molar-refractivity contribution in [3.05, 3.63) is 60.4 Å². The number of rotatable bonds is 5. The smallest absolute Gasteiger partial charge is 0.137 e. The average molecular weight is 292 g/mol. The molecule has 22 heavy (non-hydrogen) atoms. The monoisotopic (exact) mass is 292 g/mol. The van der Waals surface area contributed by atoms with E-state index in [1.165, 1.54) is 11.3 Å². The molecule has 1 atom stereocenters. The molecule has 3 aromatic rings. The molecule has 0 amide bonds. The number of hydrogen-bond donors (Lipinski definition) is 2. The van der Waals surface area contributed by atoms with Crippen molar-refractivity contribution in [3.8, 4) is 0 Å². The molecular formula is C18H20N4. The lowest BCUT2D eigenvalue weighted by Crippen LogP contribution is -2.25. The second-order valence-corrected chi connectivity index (χ2v) is 5.48. The summed E-state index contributed by atoms with van der Waals surface area (Å²) in [6.07, 6.45) is 1.60. The highest BCUT2D eigenvalue weighted by Crippen LogP contribution is 2.19. The first-order valence-electron chi connectivity index (χ1n) is 7.50. The fraction of sp³-hybridized carbons (Fsp3) is 0.222. The molecule has 0 spiro atoms. The van der Waals surface area contributed by atoms with Gasteiger partial charge >= 0.3 is 0 Å². The molecule has 0 aliphatic carbocycles. The van der Waals surface area contributed by atoms with Gasteiger partial charge in [-0.1, -0.05) is 30.3 Å². The Hall–Kier alpha value is -2.62. The quantitative estimate of drug-likeness (QED) is 0.750. The van der Waals surface area contributed by atoms with Gasteiger partial charge in [-0.05, 0) is 37.6 Å². The largest absolute Gasteiger partial charge is 0.381 e. The molecule has 0 saturated heterocycles. The minimum atomic E-state index is 0.287. The van der Waals surface area contributed by atoms with Gasteiger partial charge in [-0.15, -0.1) is 0 Å². The summed E-state index contributed by atoms with van der Waals surface area (Å²) in [5.41, 5.74) is 3.38. The summed E-state index contributed by atoms with van der Waals surface area (Å²) >= 11 is 0. The average Bonchev–Trinajstić information content (AvgIpc) is 2.55. The lowest BCUT2D eigenvalue weighted by atomic mass is 10.2. The van der Waals surface area contributed by atoms with Gasteiger partial charge < -0.3 is 10.6 Å². The highest BCUT2D eigenvalue weighted by atomic mass is 15.0. The first kappa shape index (κ1) is 14.3. The van der Waals surface area contributed by atoms with E-state index in [-0.39, 0.29) is 6.04 Å². The van der Waals surface area contributed by atoms with Crippen LogP contribution in [0.5, 0.6) is 0 Å². The zero-order valence-corrected chi connectivity index (χ0v) is 12.9. The van der Waals surface area contributed by atoms with Crippen molar-refractivity contribution >= 4 is 22.4 Å². The molecule has 0 radical (unpaired) electrons. The van der Waals surface area contributed by atoms with Crippen LogP contribution in [-0.2, 0) is 0 Å². The third kappa shape index (κ3) is 3.17. The van der Waals surface area contributed by atoms with Gasteiger partial charge in [-0.2, -0.15) is 0 Å². The van der Waals surface area contributed by atoms with E-state index in [9.17, 15) is 0 Å². The highest BCUT2D eigenvalue weighted by molar-refractivity contribution is 5.88. The SMILES string of the molecule is Cc1ccccc1NC(C)CNc1ncnc2ccccc12. The number of nitrogens with one attached hydrogen (secondary N) is 2. The standard InChI is InChI=1S/C18H20N4/c1-13-7-3-5-9-16(13)22-14(2)11-19-18-15-8-4-6-10-17(15)20-12-21-18/h3-10,12,14,22H,11H2,1-2H3,(H,19,20,21). The Bertz CT molecular complexity index is 764. The lowest BCUT2D eigenvalue weighted by Gasteiger charge is -2.18.